The number of rotatable bonds is 9. The van der Waals surface area contributed by atoms with Crippen LogP contribution >= 0.6 is 0 Å². The van der Waals surface area contributed by atoms with Crippen molar-refractivity contribution in [2.45, 2.75) is 58.8 Å². The lowest BCUT2D eigenvalue weighted by Gasteiger charge is -2.22. The zero-order valence-corrected chi connectivity index (χ0v) is 23.3. The Kier molecular flexibility index (Phi) is 7.76. The van der Waals surface area contributed by atoms with Gasteiger partial charge in [-0.1, -0.05) is 80.3 Å². The van der Waals surface area contributed by atoms with E-state index in [0.717, 1.165) is 40.5 Å². The molecule has 2 aromatic carbocycles. The van der Waals surface area contributed by atoms with Crippen molar-refractivity contribution >= 4 is 30.5 Å². The second kappa shape index (κ2) is 10.8. The summed E-state index contributed by atoms with van der Waals surface area (Å²) in [4.78, 5) is 10.1. The van der Waals surface area contributed by atoms with Gasteiger partial charge in [0.15, 0.2) is 0 Å². The van der Waals surface area contributed by atoms with Gasteiger partial charge >= 0.3 is 0 Å². The fourth-order valence-corrected chi connectivity index (χ4v) is 4.54. The molecule has 4 rings (SSSR count). The van der Waals surface area contributed by atoms with Crippen LogP contribution in [0.15, 0.2) is 84.0 Å². The molecule has 0 bridgehead atoms. The second-order valence-corrected chi connectivity index (χ2v) is 16.9. The summed E-state index contributed by atoms with van der Waals surface area (Å²) in [6, 6.07) is 25.7. The summed E-state index contributed by atoms with van der Waals surface area (Å²) in [5.41, 5.74) is 4.08. The molecule has 0 aliphatic carbocycles. The standard InChI is InChI=1S/C30H37N3O2Si/c1-30(2,3)35-29-26(31-27(23-13-9-7-10-14-23)24-15-11-8-12-16-24)21-25-17-18-33(28(25)32-29)22-34-19-20-36(4,5)6/h7-18,21H,19-20,22H2,1-6H3. The molecule has 0 saturated carbocycles. The van der Waals surface area contributed by atoms with E-state index in [0.29, 0.717) is 18.3 Å². The van der Waals surface area contributed by atoms with Gasteiger partial charge in [-0.3, -0.25) is 0 Å². The van der Waals surface area contributed by atoms with E-state index in [1.54, 1.807) is 0 Å². The van der Waals surface area contributed by atoms with E-state index in [1.165, 1.54) is 0 Å². The minimum atomic E-state index is -1.13. The van der Waals surface area contributed by atoms with Crippen molar-refractivity contribution in [3.05, 3.63) is 90.1 Å². The molecule has 0 fully saturated rings. The van der Waals surface area contributed by atoms with Gasteiger partial charge in [0.2, 0.25) is 5.88 Å². The number of aliphatic imine (C=N–C) groups is 1. The molecular formula is C30H37N3O2Si. The van der Waals surface area contributed by atoms with Crippen LogP contribution in [-0.2, 0) is 11.5 Å². The summed E-state index contributed by atoms with van der Waals surface area (Å²) in [6.45, 7) is 14.4. The van der Waals surface area contributed by atoms with Crippen molar-refractivity contribution in [2.75, 3.05) is 6.61 Å². The van der Waals surface area contributed by atoms with Gasteiger partial charge in [-0.25, -0.2) is 4.99 Å². The number of aromatic nitrogens is 2. The topological polar surface area (TPSA) is 48.6 Å². The van der Waals surface area contributed by atoms with Crippen molar-refractivity contribution in [2.24, 2.45) is 4.99 Å². The predicted molar refractivity (Wildman–Crippen MR) is 152 cm³/mol. The molecule has 0 atom stereocenters. The Morgan fingerprint density at radius 1 is 0.917 bits per heavy atom. The summed E-state index contributed by atoms with van der Waals surface area (Å²) in [5, 5.41) is 1.00. The van der Waals surface area contributed by atoms with E-state index in [4.69, 9.17) is 19.5 Å². The summed E-state index contributed by atoms with van der Waals surface area (Å²) >= 11 is 0. The first-order valence-electron chi connectivity index (χ1n) is 12.6. The minimum Gasteiger partial charge on any atom is -0.470 e. The number of benzene rings is 2. The van der Waals surface area contributed by atoms with Crippen LogP contribution in [0.1, 0.15) is 31.9 Å². The van der Waals surface area contributed by atoms with Gasteiger partial charge in [0, 0.05) is 37.4 Å². The molecule has 0 aliphatic heterocycles. The van der Waals surface area contributed by atoms with Crippen molar-refractivity contribution in [1.29, 1.82) is 0 Å². The molecule has 0 aliphatic rings. The largest absolute Gasteiger partial charge is 0.470 e. The first kappa shape index (κ1) is 25.9. The molecule has 0 saturated heterocycles. The van der Waals surface area contributed by atoms with Crippen molar-refractivity contribution in [3.63, 3.8) is 0 Å². The number of hydrogen-bond acceptors (Lipinski definition) is 4. The molecule has 188 valence electrons. The Bertz CT molecular complexity index is 1280. The number of hydrogen-bond donors (Lipinski definition) is 0. The molecule has 6 heteroatoms. The van der Waals surface area contributed by atoms with Crippen LogP contribution < -0.4 is 4.74 Å². The van der Waals surface area contributed by atoms with Gasteiger partial charge in [0.25, 0.3) is 0 Å². The first-order chi connectivity index (χ1) is 17.1. The second-order valence-electron chi connectivity index (χ2n) is 11.3. The fraction of sp³-hybridized carbons (Fsp3) is 0.333. The van der Waals surface area contributed by atoms with E-state index >= 15 is 0 Å². The molecule has 0 radical (unpaired) electrons. The Hall–Kier alpha value is -3.22. The molecule has 5 nitrogen and oxygen atoms in total. The molecule has 36 heavy (non-hydrogen) atoms. The number of pyridine rings is 1. The van der Waals surface area contributed by atoms with Crippen LogP contribution in [0.3, 0.4) is 0 Å². The van der Waals surface area contributed by atoms with Crippen LogP contribution in [0.25, 0.3) is 11.0 Å². The predicted octanol–water partition coefficient (Wildman–Crippen LogP) is 7.70. The van der Waals surface area contributed by atoms with Crippen molar-refractivity contribution < 1.29 is 9.47 Å². The highest BCUT2D eigenvalue weighted by atomic mass is 28.3. The lowest BCUT2D eigenvalue weighted by molar-refractivity contribution is 0.0895. The average Bonchev–Trinajstić information content (AvgIpc) is 3.21. The van der Waals surface area contributed by atoms with E-state index < -0.39 is 13.7 Å². The van der Waals surface area contributed by atoms with Crippen LogP contribution in [0.4, 0.5) is 5.69 Å². The summed E-state index contributed by atoms with van der Waals surface area (Å²) in [7, 11) is -1.13. The monoisotopic (exact) mass is 499 g/mol. The first-order valence-corrected chi connectivity index (χ1v) is 16.3. The van der Waals surface area contributed by atoms with Crippen LogP contribution in [0.5, 0.6) is 5.88 Å². The third-order valence-corrected chi connectivity index (χ3v) is 7.34. The Labute approximate surface area is 215 Å². The third kappa shape index (κ3) is 6.92. The highest BCUT2D eigenvalue weighted by molar-refractivity contribution is 6.76. The number of ether oxygens (including phenoxy) is 2. The summed E-state index contributed by atoms with van der Waals surface area (Å²) in [5.74, 6) is 0.515. The molecule has 0 spiro atoms. The SMILES string of the molecule is CC(C)(C)Oc1nc2c(ccn2COCC[Si](C)(C)C)cc1N=C(c1ccccc1)c1ccccc1. The molecule has 2 aromatic heterocycles. The van der Waals surface area contributed by atoms with Crippen LogP contribution in [0, 0.1) is 0 Å². The van der Waals surface area contributed by atoms with Gasteiger partial charge in [0.1, 0.15) is 23.7 Å². The molecule has 0 N–H and O–H groups in total. The maximum absolute atomic E-state index is 6.34. The lowest BCUT2D eigenvalue weighted by atomic mass is 10.0. The van der Waals surface area contributed by atoms with Crippen molar-refractivity contribution in [3.8, 4) is 5.88 Å². The molecule has 0 unspecified atom stereocenters. The normalized spacial score (nSPS) is 12.1. The quantitative estimate of drug-likeness (QED) is 0.135. The van der Waals surface area contributed by atoms with Crippen LogP contribution in [-0.4, -0.2) is 35.5 Å². The lowest BCUT2D eigenvalue weighted by Crippen LogP contribution is -2.24. The molecular weight excluding hydrogens is 462 g/mol. The Balaban J connectivity index is 1.76. The van der Waals surface area contributed by atoms with Gasteiger partial charge in [-0.05, 0) is 38.9 Å². The number of fused-ring (bicyclic) bond motifs is 1. The van der Waals surface area contributed by atoms with Gasteiger partial charge in [-0.15, -0.1) is 0 Å². The van der Waals surface area contributed by atoms with Gasteiger partial charge in [0.05, 0.1) is 5.71 Å². The smallest absolute Gasteiger partial charge is 0.242 e. The fourth-order valence-electron chi connectivity index (χ4n) is 3.78. The Morgan fingerprint density at radius 3 is 2.08 bits per heavy atom. The van der Waals surface area contributed by atoms with E-state index in [-0.39, 0.29) is 0 Å². The van der Waals surface area contributed by atoms with Crippen LogP contribution in [0.2, 0.25) is 25.7 Å². The molecule has 2 heterocycles. The average molecular weight is 500 g/mol. The van der Waals surface area contributed by atoms with E-state index in [1.807, 2.05) is 67.9 Å². The number of nitrogens with zero attached hydrogens (tertiary/aromatic N) is 3. The van der Waals surface area contributed by atoms with Gasteiger partial charge in [-0.2, -0.15) is 4.98 Å². The Morgan fingerprint density at radius 2 is 1.53 bits per heavy atom. The highest BCUT2D eigenvalue weighted by Crippen LogP contribution is 2.34. The minimum absolute atomic E-state index is 0.421. The zero-order chi connectivity index (χ0) is 25.8. The maximum atomic E-state index is 6.34. The summed E-state index contributed by atoms with van der Waals surface area (Å²) < 4.78 is 14.4. The van der Waals surface area contributed by atoms with E-state index in [2.05, 4.69) is 56.0 Å². The van der Waals surface area contributed by atoms with Gasteiger partial charge < -0.3 is 14.0 Å². The highest BCUT2D eigenvalue weighted by Gasteiger charge is 2.20. The molecule has 4 aromatic rings. The van der Waals surface area contributed by atoms with E-state index in [9.17, 15) is 0 Å². The zero-order valence-electron chi connectivity index (χ0n) is 22.3. The summed E-state index contributed by atoms with van der Waals surface area (Å²) in [6.07, 6.45) is 2.02. The van der Waals surface area contributed by atoms with Crippen molar-refractivity contribution in [1.82, 2.24) is 9.55 Å². The third-order valence-electron chi connectivity index (χ3n) is 5.64. The maximum Gasteiger partial charge on any atom is 0.242 e. The molecule has 0 amide bonds.